The maximum atomic E-state index is 6.00. The van der Waals surface area contributed by atoms with E-state index in [1.165, 1.54) is 0 Å². The second kappa shape index (κ2) is 7.15. The van der Waals surface area contributed by atoms with Gasteiger partial charge >= 0.3 is 0 Å². The van der Waals surface area contributed by atoms with Crippen LogP contribution < -0.4 is 4.74 Å². The number of hydrogen-bond acceptors (Lipinski definition) is 3. The Labute approximate surface area is 172 Å². The Kier molecular flexibility index (Phi) is 4.34. The van der Waals surface area contributed by atoms with Gasteiger partial charge in [-0.2, -0.15) is 0 Å². The smallest absolute Gasteiger partial charge is 0.167 e. The number of fused-ring (bicyclic) bond motifs is 1. The first-order valence-corrected chi connectivity index (χ1v) is 9.59. The van der Waals surface area contributed by atoms with Crippen LogP contribution >= 0.6 is 11.6 Å². The van der Waals surface area contributed by atoms with Crippen LogP contribution in [0.25, 0.3) is 44.7 Å². The van der Waals surface area contributed by atoms with Crippen LogP contribution in [-0.4, -0.2) is 17.3 Å². The van der Waals surface area contributed by atoms with Gasteiger partial charge in [0.2, 0.25) is 0 Å². The van der Waals surface area contributed by atoms with Gasteiger partial charge in [0.1, 0.15) is 11.4 Å². The molecule has 29 heavy (non-hydrogen) atoms. The number of halogens is 1. The molecule has 1 N–H and O–H groups in total. The molecule has 0 aliphatic heterocycles. The van der Waals surface area contributed by atoms with Crippen molar-refractivity contribution in [1.29, 1.82) is 0 Å². The van der Waals surface area contributed by atoms with Crippen LogP contribution in [0.1, 0.15) is 0 Å². The molecule has 0 saturated heterocycles. The molecule has 0 fully saturated rings. The zero-order valence-corrected chi connectivity index (χ0v) is 16.4. The molecule has 0 atom stereocenters. The summed E-state index contributed by atoms with van der Waals surface area (Å²) in [6.07, 6.45) is 0. The first-order chi connectivity index (χ1) is 14.2. The van der Waals surface area contributed by atoms with Crippen molar-refractivity contribution >= 4 is 22.5 Å². The van der Waals surface area contributed by atoms with Gasteiger partial charge in [0, 0.05) is 27.6 Å². The van der Waals surface area contributed by atoms with Crippen molar-refractivity contribution in [3.05, 3.63) is 83.9 Å². The number of methoxy groups -OCH3 is 1. The van der Waals surface area contributed by atoms with Crippen molar-refractivity contribution in [2.45, 2.75) is 0 Å². The van der Waals surface area contributed by atoms with Gasteiger partial charge in [-0.1, -0.05) is 59.2 Å². The molecule has 0 radical (unpaired) electrons. The quantitative estimate of drug-likeness (QED) is 0.360. The largest absolute Gasteiger partial charge is 0.495 e. The first-order valence-electron chi connectivity index (χ1n) is 9.22. The van der Waals surface area contributed by atoms with Gasteiger partial charge in [0.15, 0.2) is 5.76 Å². The molecule has 0 amide bonds. The highest BCUT2D eigenvalue weighted by molar-refractivity contribution is 6.30. The highest BCUT2D eigenvalue weighted by Gasteiger charge is 2.20. The van der Waals surface area contributed by atoms with E-state index >= 15 is 0 Å². The fraction of sp³-hybridized carbons (Fsp3) is 0.0417. The number of nitrogens with one attached hydrogen (secondary N) is 1. The van der Waals surface area contributed by atoms with Gasteiger partial charge in [-0.05, 0) is 35.9 Å². The summed E-state index contributed by atoms with van der Waals surface area (Å²) in [5.41, 5.74) is 5.63. The zero-order valence-electron chi connectivity index (χ0n) is 15.6. The molecule has 0 bridgehead atoms. The van der Waals surface area contributed by atoms with Gasteiger partial charge in [-0.25, -0.2) is 0 Å². The topological polar surface area (TPSA) is 51.1 Å². The lowest BCUT2D eigenvalue weighted by molar-refractivity contribution is 0.419. The molecule has 142 valence electrons. The van der Waals surface area contributed by atoms with Crippen molar-refractivity contribution in [3.8, 4) is 39.6 Å². The molecule has 4 nitrogen and oxygen atoms in total. The number of rotatable bonds is 4. The highest BCUT2D eigenvalue weighted by atomic mass is 35.5. The van der Waals surface area contributed by atoms with Crippen molar-refractivity contribution in [2.24, 2.45) is 0 Å². The lowest BCUT2D eigenvalue weighted by Gasteiger charge is -2.03. The maximum Gasteiger partial charge on any atom is 0.167 e. The predicted octanol–water partition coefficient (Wildman–Crippen LogP) is 6.82. The zero-order chi connectivity index (χ0) is 19.8. The van der Waals surface area contributed by atoms with Crippen LogP contribution in [0.5, 0.6) is 5.75 Å². The third kappa shape index (κ3) is 3.08. The summed E-state index contributed by atoms with van der Waals surface area (Å²) in [5.74, 6) is 1.47. The summed E-state index contributed by atoms with van der Waals surface area (Å²) in [5, 5.41) is 6.10. The van der Waals surface area contributed by atoms with Crippen molar-refractivity contribution in [1.82, 2.24) is 10.1 Å². The molecule has 3 aromatic carbocycles. The van der Waals surface area contributed by atoms with Gasteiger partial charge in [-0.15, -0.1) is 0 Å². The van der Waals surface area contributed by atoms with Gasteiger partial charge < -0.3 is 14.2 Å². The average molecular weight is 401 g/mol. The molecular weight excluding hydrogens is 384 g/mol. The Hall–Kier alpha value is -3.50. The second-order valence-electron chi connectivity index (χ2n) is 6.71. The molecule has 0 saturated carbocycles. The number of H-pyrrole nitrogens is 1. The second-order valence-corrected chi connectivity index (χ2v) is 7.14. The molecule has 2 aromatic heterocycles. The van der Waals surface area contributed by atoms with Crippen LogP contribution in [0.3, 0.4) is 0 Å². The Morgan fingerprint density at radius 2 is 1.69 bits per heavy atom. The fourth-order valence-electron chi connectivity index (χ4n) is 3.60. The molecule has 0 aliphatic carbocycles. The summed E-state index contributed by atoms with van der Waals surface area (Å²) in [4.78, 5) is 3.50. The molecule has 5 aromatic rings. The minimum absolute atomic E-state index is 0.682. The third-order valence-corrected chi connectivity index (χ3v) is 5.22. The molecular formula is C24H17ClN2O2. The Balaban J connectivity index is 1.72. The highest BCUT2D eigenvalue weighted by Crippen LogP contribution is 2.41. The number of aromatic nitrogens is 2. The third-order valence-electron chi connectivity index (χ3n) is 4.97. The van der Waals surface area contributed by atoms with E-state index in [2.05, 4.69) is 28.3 Å². The van der Waals surface area contributed by atoms with E-state index in [-0.39, 0.29) is 0 Å². The molecule has 0 spiro atoms. The summed E-state index contributed by atoms with van der Waals surface area (Å²) in [6.45, 7) is 0. The lowest BCUT2D eigenvalue weighted by Crippen LogP contribution is -1.83. The SMILES string of the molecule is COc1cccc2c(-c3ccccc3)c(-c3cc(-c4ccc(Cl)cc4)on3)[nH]c12. The molecule has 5 rings (SSSR count). The van der Waals surface area contributed by atoms with Gasteiger partial charge in [0.05, 0.1) is 18.3 Å². The Morgan fingerprint density at radius 1 is 0.897 bits per heavy atom. The van der Waals surface area contributed by atoms with E-state index in [9.17, 15) is 0 Å². The number of aromatic amines is 1. The molecule has 2 heterocycles. The van der Waals surface area contributed by atoms with E-state index < -0.39 is 0 Å². The summed E-state index contributed by atoms with van der Waals surface area (Å²) in [6, 6.07) is 25.7. The molecule has 0 aliphatic rings. The van der Waals surface area contributed by atoms with E-state index in [1.54, 1.807) is 7.11 Å². The van der Waals surface area contributed by atoms with Crippen LogP contribution in [0.15, 0.2) is 83.4 Å². The van der Waals surface area contributed by atoms with E-state index in [0.717, 1.165) is 44.7 Å². The van der Waals surface area contributed by atoms with E-state index in [4.69, 9.17) is 20.9 Å². The van der Waals surface area contributed by atoms with Crippen molar-refractivity contribution < 1.29 is 9.26 Å². The van der Waals surface area contributed by atoms with E-state index in [0.29, 0.717) is 10.8 Å². The minimum Gasteiger partial charge on any atom is -0.495 e. The van der Waals surface area contributed by atoms with Crippen LogP contribution in [-0.2, 0) is 0 Å². The molecule has 5 heteroatoms. The molecule has 0 unspecified atom stereocenters. The number of para-hydroxylation sites is 1. The summed E-state index contributed by atoms with van der Waals surface area (Å²) < 4.78 is 11.2. The van der Waals surface area contributed by atoms with Crippen molar-refractivity contribution in [2.75, 3.05) is 7.11 Å². The number of hydrogen-bond donors (Lipinski definition) is 1. The van der Waals surface area contributed by atoms with Crippen LogP contribution in [0.4, 0.5) is 0 Å². The number of nitrogens with zero attached hydrogens (tertiary/aromatic N) is 1. The van der Waals surface area contributed by atoms with Crippen LogP contribution in [0.2, 0.25) is 5.02 Å². The van der Waals surface area contributed by atoms with Crippen LogP contribution in [0, 0.1) is 0 Å². The Morgan fingerprint density at radius 3 is 2.45 bits per heavy atom. The van der Waals surface area contributed by atoms with Crippen molar-refractivity contribution in [3.63, 3.8) is 0 Å². The minimum atomic E-state index is 0.682. The Bertz CT molecular complexity index is 1290. The predicted molar refractivity (Wildman–Crippen MR) is 116 cm³/mol. The lowest BCUT2D eigenvalue weighted by atomic mass is 10.00. The summed E-state index contributed by atoms with van der Waals surface area (Å²) in [7, 11) is 1.67. The number of ether oxygens (including phenoxy) is 1. The van der Waals surface area contributed by atoms with Gasteiger partial charge in [0.25, 0.3) is 0 Å². The summed E-state index contributed by atoms with van der Waals surface area (Å²) >= 11 is 6.00. The fourth-order valence-corrected chi connectivity index (χ4v) is 3.73. The maximum absolute atomic E-state index is 6.00. The normalized spacial score (nSPS) is 11.1. The van der Waals surface area contributed by atoms with Gasteiger partial charge in [-0.3, -0.25) is 0 Å². The van der Waals surface area contributed by atoms with E-state index in [1.807, 2.05) is 60.7 Å². The first kappa shape index (κ1) is 17.6. The average Bonchev–Trinajstić information content (AvgIpc) is 3.39. The monoisotopic (exact) mass is 400 g/mol. The standard InChI is InChI=1S/C24H17ClN2O2/c1-28-20-9-5-8-18-22(16-6-3-2-4-7-16)24(26-23(18)20)19-14-21(29-27-19)15-10-12-17(25)13-11-15/h2-14,26H,1H3. The number of benzene rings is 3.